The first-order chi connectivity index (χ1) is 5.68. The Kier molecular flexibility index (Phi) is 1.85. The third kappa shape index (κ3) is 1.13. The van der Waals surface area contributed by atoms with Crippen LogP contribution in [0.2, 0.25) is 0 Å². The topological polar surface area (TPSA) is 0 Å². The minimum Gasteiger partial charge on any atom is -0.206 e. The average molecular weight is 198 g/mol. The Hall–Kier alpha value is -0.540. The van der Waals surface area contributed by atoms with Gasteiger partial charge in [0.25, 0.3) is 0 Å². The Balaban J connectivity index is 2.87. The summed E-state index contributed by atoms with van der Waals surface area (Å²) in [6.45, 7) is 1.98. The van der Waals surface area contributed by atoms with E-state index in [1.165, 1.54) is 0 Å². The lowest BCUT2D eigenvalue weighted by atomic mass is 10.2. The van der Waals surface area contributed by atoms with Crippen LogP contribution >= 0.6 is 24.0 Å². The molecule has 0 saturated heterocycles. The van der Waals surface area contributed by atoms with Gasteiger partial charge in [-0.05, 0) is 35.4 Å². The quantitative estimate of drug-likeness (QED) is 0.614. The lowest BCUT2D eigenvalue weighted by Gasteiger charge is -1.95. The van der Waals surface area contributed by atoms with Gasteiger partial charge in [0.2, 0.25) is 0 Å². The molecule has 0 aliphatic carbocycles. The van der Waals surface area contributed by atoms with Crippen LogP contribution in [0.4, 0.5) is 4.39 Å². The Morgan fingerprint density at radius 1 is 1.42 bits per heavy atom. The average Bonchev–Trinajstić information content (AvgIpc) is 2.35. The number of fused-ring (bicyclic) bond motifs is 1. The van der Waals surface area contributed by atoms with Crippen LogP contribution in [0.1, 0.15) is 5.56 Å². The highest BCUT2D eigenvalue weighted by Gasteiger charge is 2.04. The van der Waals surface area contributed by atoms with Crippen molar-refractivity contribution in [2.75, 3.05) is 0 Å². The lowest BCUT2D eigenvalue weighted by molar-refractivity contribution is 0.605. The number of benzene rings is 1. The summed E-state index contributed by atoms with van der Waals surface area (Å²) in [7, 11) is 0. The molecule has 1 aromatic heterocycles. The van der Waals surface area contributed by atoms with Crippen molar-refractivity contribution >= 4 is 34.1 Å². The molecule has 0 unspecified atom stereocenters. The molecule has 2 aromatic rings. The summed E-state index contributed by atoms with van der Waals surface area (Å²) >= 11 is 5.64. The van der Waals surface area contributed by atoms with Crippen molar-refractivity contribution in [1.82, 2.24) is 0 Å². The van der Waals surface area contributed by atoms with E-state index in [1.54, 1.807) is 23.5 Å². The molecule has 2 rings (SSSR count). The van der Waals surface area contributed by atoms with Gasteiger partial charge in [-0.25, -0.2) is 4.39 Å². The zero-order valence-electron chi connectivity index (χ0n) is 6.47. The van der Waals surface area contributed by atoms with E-state index in [0.29, 0.717) is 4.90 Å². The van der Waals surface area contributed by atoms with Gasteiger partial charge >= 0.3 is 0 Å². The van der Waals surface area contributed by atoms with Crippen LogP contribution in [0.25, 0.3) is 10.1 Å². The van der Waals surface area contributed by atoms with Gasteiger partial charge < -0.3 is 0 Å². The molecule has 0 amide bonds. The van der Waals surface area contributed by atoms with E-state index < -0.39 is 0 Å². The highest BCUT2D eigenvalue weighted by atomic mass is 32.1. The molecule has 0 fully saturated rings. The van der Waals surface area contributed by atoms with E-state index in [4.69, 9.17) is 0 Å². The SMILES string of the molecule is Cc1csc2cc(S)c(F)cc12. The summed E-state index contributed by atoms with van der Waals surface area (Å²) in [5, 5.41) is 3.02. The van der Waals surface area contributed by atoms with E-state index in [2.05, 4.69) is 12.6 Å². The molecular formula is C9H7FS2. The second-order valence-electron chi connectivity index (χ2n) is 2.72. The molecule has 0 N–H and O–H groups in total. The Bertz CT molecular complexity index is 431. The summed E-state index contributed by atoms with van der Waals surface area (Å²) in [6.07, 6.45) is 0. The van der Waals surface area contributed by atoms with Crippen molar-refractivity contribution in [2.45, 2.75) is 11.8 Å². The first kappa shape index (κ1) is 8.08. The van der Waals surface area contributed by atoms with Gasteiger partial charge in [0.1, 0.15) is 5.82 Å². The highest BCUT2D eigenvalue weighted by Crippen LogP contribution is 2.29. The molecule has 0 spiro atoms. The molecule has 0 nitrogen and oxygen atoms in total. The van der Waals surface area contributed by atoms with Crippen molar-refractivity contribution in [3.63, 3.8) is 0 Å². The number of halogens is 1. The standard InChI is InChI=1S/C9H7FS2/c1-5-4-12-9-3-8(11)7(10)2-6(5)9/h2-4,11H,1H3. The lowest BCUT2D eigenvalue weighted by Crippen LogP contribution is -1.76. The second-order valence-corrected chi connectivity index (χ2v) is 4.11. The molecule has 0 bridgehead atoms. The first-order valence-electron chi connectivity index (χ1n) is 3.55. The van der Waals surface area contributed by atoms with Crippen molar-refractivity contribution in [1.29, 1.82) is 0 Å². The molecule has 0 aliphatic heterocycles. The van der Waals surface area contributed by atoms with Crippen LogP contribution in [0.5, 0.6) is 0 Å². The minimum atomic E-state index is -0.243. The number of thiol groups is 1. The second kappa shape index (κ2) is 2.75. The summed E-state index contributed by atoms with van der Waals surface area (Å²) in [5.74, 6) is -0.243. The van der Waals surface area contributed by atoms with Crippen LogP contribution < -0.4 is 0 Å². The Morgan fingerprint density at radius 2 is 2.17 bits per heavy atom. The number of rotatable bonds is 0. The molecule has 0 atom stereocenters. The van der Waals surface area contributed by atoms with Gasteiger partial charge in [0, 0.05) is 9.60 Å². The number of thiophene rings is 1. The maximum absolute atomic E-state index is 13.0. The molecule has 0 saturated carbocycles. The summed E-state index contributed by atoms with van der Waals surface area (Å²) in [6, 6.07) is 3.31. The fourth-order valence-electron chi connectivity index (χ4n) is 1.16. The zero-order valence-corrected chi connectivity index (χ0v) is 8.18. The predicted octanol–water partition coefficient (Wildman–Crippen LogP) is 3.64. The molecule has 3 heteroatoms. The van der Waals surface area contributed by atoms with E-state index in [1.807, 2.05) is 12.3 Å². The van der Waals surface area contributed by atoms with Crippen LogP contribution in [-0.2, 0) is 0 Å². The van der Waals surface area contributed by atoms with Gasteiger partial charge in [-0.1, -0.05) is 0 Å². The zero-order chi connectivity index (χ0) is 8.72. The van der Waals surface area contributed by atoms with Crippen molar-refractivity contribution in [2.24, 2.45) is 0 Å². The highest BCUT2D eigenvalue weighted by molar-refractivity contribution is 7.80. The number of aryl methyl sites for hydroxylation is 1. The van der Waals surface area contributed by atoms with Gasteiger partial charge in [-0.15, -0.1) is 24.0 Å². The molecule has 0 radical (unpaired) electrons. The Morgan fingerprint density at radius 3 is 2.92 bits per heavy atom. The molecular weight excluding hydrogens is 191 g/mol. The molecule has 12 heavy (non-hydrogen) atoms. The maximum Gasteiger partial charge on any atom is 0.137 e. The van der Waals surface area contributed by atoms with Gasteiger partial charge in [0.05, 0.1) is 0 Å². The Labute approximate surface area is 79.4 Å². The van der Waals surface area contributed by atoms with Crippen LogP contribution in [0.3, 0.4) is 0 Å². The maximum atomic E-state index is 13.0. The van der Waals surface area contributed by atoms with E-state index in [9.17, 15) is 4.39 Å². The van der Waals surface area contributed by atoms with Crippen LogP contribution in [0, 0.1) is 12.7 Å². The smallest absolute Gasteiger partial charge is 0.137 e. The largest absolute Gasteiger partial charge is 0.206 e. The molecule has 1 aromatic carbocycles. The normalized spacial score (nSPS) is 10.9. The molecule has 1 heterocycles. The third-order valence-electron chi connectivity index (χ3n) is 1.84. The summed E-state index contributed by atoms with van der Waals surface area (Å²) in [5.41, 5.74) is 1.13. The van der Waals surface area contributed by atoms with E-state index in [-0.39, 0.29) is 5.82 Å². The molecule has 62 valence electrons. The van der Waals surface area contributed by atoms with E-state index >= 15 is 0 Å². The fourth-order valence-corrected chi connectivity index (χ4v) is 2.41. The van der Waals surface area contributed by atoms with Crippen LogP contribution in [-0.4, -0.2) is 0 Å². The minimum absolute atomic E-state index is 0.243. The van der Waals surface area contributed by atoms with Crippen molar-refractivity contribution in [3.05, 3.63) is 28.9 Å². The number of hydrogen-bond acceptors (Lipinski definition) is 2. The van der Waals surface area contributed by atoms with Crippen molar-refractivity contribution in [3.8, 4) is 0 Å². The van der Waals surface area contributed by atoms with Gasteiger partial charge in [-0.2, -0.15) is 0 Å². The van der Waals surface area contributed by atoms with E-state index in [0.717, 1.165) is 15.6 Å². The van der Waals surface area contributed by atoms with Crippen LogP contribution in [0.15, 0.2) is 22.4 Å². The van der Waals surface area contributed by atoms with Gasteiger partial charge in [0.15, 0.2) is 0 Å². The fraction of sp³-hybridized carbons (Fsp3) is 0.111. The third-order valence-corrected chi connectivity index (χ3v) is 3.24. The molecule has 0 aliphatic rings. The monoisotopic (exact) mass is 198 g/mol. The summed E-state index contributed by atoms with van der Waals surface area (Å²) < 4.78 is 14.1. The first-order valence-corrected chi connectivity index (χ1v) is 4.87. The summed E-state index contributed by atoms with van der Waals surface area (Å²) in [4.78, 5) is 0.421. The number of hydrogen-bond donors (Lipinski definition) is 1. The predicted molar refractivity (Wildman–Crippen MR) is 53.8 cm³/mol. The van der Waals surface area contributed by atoms with Gasteiger partial charge in [-0.3, -0.25) is 0 Å². The van der Waals surface area contributed by atoms with Crippen molar-refractivity contribution < 1.29 is 4.39 Å².